The molecule has 0 saturated heterocycles. The third-order valence-electron chi connectivity index (χ3n) is 8.04. The normalized spacial score (nSPS) is 28.8. The molecule has 2 fully saturated rings. The van der Waals surface area contributed by atoms with E-state index < -0.39 is 6.17 Å². The van der Waals surface area contributed by atoms with Crippen molar-refractivity contribution in [1.29, 1.82) is 0 Å². The van der Waals surface area contributed by atoms with Crippen LogP contribution in [0.15, 0.2) is 36.7 Å². The molecule has 0 spiro atoms. The second kappa shape index (κ2) is 7.76. The number of halogens is 1. The minimum atomic E-state index is -0.924. The molecule has 6 rings (SSSR count). The molecule has 9 heteroatoms. The monoisotopic (exact) mass is 477 g/mol. The number of nitrogens with zero attached hydrogens (tertiary/aromatic N) is 5. The number of phenols is 1. The van der Waals surface area contributed by atoms with Gasteiger partial charge >= 0.3 is 0 Å². The third kappa shape index (κ3) is 3.64. The summed E-state index contributed by atoms with van der Waals surface area (Å²) in [5, 5.41) is 19.3. The molecule has 4 atom stereocenters. The minimum Gasteiger partial charge on any atom is -0.507 e. The summed E-state index contributed by atoms with van der Waals surface area (Å²) in [4.78, 5) is 10.6. The number of pyridine rings is 1. The van der Waals surface area contributed by atoms with E-state index in [4.69, 9.17) is 9.47 Å². The molecule has 0 amide bonds. The fourth-order valence-electron chi connectivity index (χ4n) is 6.13. The van der Waals surface area contributed by atoms with Crippen LogP contribution in [0.1, 0.15) is 39.5 Å². The second-order valence-corrected chi connectivity index (χ2v) is 10.7. The number of ether oxygens (including phenoxy) is 2. The Bertz CT molecular complexity index is 1290. The Hall–Kier alpha value is -3.49. The lowest BCUT2D eigenvalue weighted by Crippen LogP contribution is -2.52. The van der Waals surface area contributed by atoms with Crippen molar-refractivity contribution in [3.63, 3.8) is 0 Å². The molecule has 1 aromatic carbocycles. The molecule has 1 aliphatic heterocycles. The van der Waals surface area contributed by atoms with Crippen LogP contribution in [-0.2, 0) is 0 Å². The van der Waals surface area contributed by atoms with Crippen LogP contribution in [0.25, 0.3) is 22.5 Å². The van der Waals surface area contributed by atoms with Crippen molar-refractivity contribution in [3.8, 4) is 39.9 Å². The van der Waals surface area contributed by atoms with Gasteiger partial charge in [-0.05, 0) is 54.9 Å². The first-order chi connectivity index (χ1) is 16.7. The molecule has 35 heavy (non-hydrogen) atoms. The maximum atomic E-state index is 15.5. The highest BCUT2D eigenvalue weighted by molar-refractivity contribution is 5.73. The number of aromatic nitrogens is 4. The summed E-state index contributed by atoms with van der Waals surface area (Å²) in [5.74, 6) is 1.88. The van der Waals surface area contributed by atoms with Gasteiger partial charge in [0.2, 0.25) is 6.79 Å². The lowest BCUT2D eigenvalue weighted by atomic mass is 9.67. The van der Waals surface area contributed by atoms with Gasteiger partial charge in [-0.3, -0.25) is 0 Å². The second-order valence-electron chi connectivity index (χ2n) is 10.7. The summed E-state index contributed by atoms with van der Waals surface area (Å²) in [5.41, 5.74) is 1.90. The third-order valence-corrected chi connectivity index (χ3v) is 8.04. The van der Waals surface area contributed by atoms with Crippen molar-refractivity contribution < 1.29 is 19.0 Å². The number of aromatic hydroxyl groups is 1. The first kappa shape index (κ1) is 22.0. The number of hydrogen-bond acceptors (Lipinski definition) is 8. The van der Waals surface area contributed by atoms with E-state index in [2.05, 4.69) is 34.0 Å². The minimum absolute atomic E-state index is 0.0246. The summed E-state index contributed by atoms with van der Waals surface area (Å²) in [6.45, 7) is 4.49. The fraction of sp³-hybridized carbons (Fsp3) is 0.462. The highest BCUT2D eigenvalue weighted by Gasteiger charge is 2.56. The average molecular weight is 478 g/mol. The SMILES string of the molecule is CN(c1cnc(-c2ccc(-c3cnc4c(c3)OCO4)cc2O)nn1)[C@@H]1C[C@@]2(C)CC[C@](C)(C2)[C@@H]1F. The Balaban J connectivity index is 1.23. The summed E-state index contributed by atoms with van der Waals surface area (Å²) in [6, 6.07) is 6.79. The smallest absolute Gasteiger partial charge is 0.260 e. The van der Waals surface area contributed by atoms with E-state index in [0.717, 1.165) is 36.8 Å². The Labute approximate surface area is 203 Å². The summed E-state index contributed by atoms with van der Waals surface area (Å²) in [6.07, 6.45) is 6.07. The van der Waals surface area contributed by atoms with Gasteiger partial charge in [0.25, 0.3) is 5.88 Å². The molecule has 8 nitrogen and oxygen atoms in total. The van der Waals surface area contributed by atoms with E-state index in [-0.39, 0.29) is 29.4 Å². The Kier molecular flexibility index (Phi) is 4.88. The van der Waals surface area contributed by atoms with Gasteiger partial charge in [0.15, 0.2) is 17.4 Å². The molecule has 0 unspecified atom stereocenters. The first-order valence-electron chi connectivity index (χ1n) is 11.9. The molecule has 3 heterocycles. The Morgan fingerprint density at radius 1 is 1.06 bits per heavy atom. The van der Waals surface area contributed by atoms with Crippen LogP contribution in [0.2, 0.25) is 0 Å². The van der Waals surface area contributed by atoms with E-state index in [1.54, 1.807) is 24.5 Å². The maximum Gasteiger partial charge on any atom is 0.260 e. The molecule has 2 bridgehead atoms. The van der Waals surface area contributed by atoms with Crippen molar-refractivity contribution in [2.75, 3.05) is 18.7 Å². The van der Waals surface area contributed by atoms with Gasteiger partial charge < -0.3 is 19.5 Å². The van der Waals surface area contributed by atoms with Crippen molar-refractivity contribution in [3.05, 3.63) is 36.7 Å². The summed E-state index contributed by atoms with van der Waals surface area (Å²) < 4.78 is 26.2. The van der Waals surface area contributed by atoms with E-state index in [0.29, 0.717) is 28.8 Å². The lowest BCUT2D eigenvalue weighted by Gasteiger charge is -2.46. The predicted molar refractivity (Wildman–Crippen MR) is 128 cm³/mol. The van der Waals surface area contributed by atoms with Gasteiger partial charge in [0, 0.05) is 24.2 Å². The molecule has 2 aliphatic carbocycles. The first-order valence-corrected chi connectivity index (χ1v) is 11.9. The van der Waals surface area contributed by atoms with E-state index in [9.17, 15) is 5.11 Å². The summed E-state index contributed by atoms with van der Waals surface area (Å²) >= 11 is 0. The van der Waals surface area contributed by atoms with Crippen LogP contribution in [-0.4, -0.2) is 51.3 Å². The van der Waals surface area contributed by atoms with Crippen LogP contribution >= 0.6 is 0 Å². The average Bonchev–Trinajstić information content (AvgIpc) is 3.43. The predicted octanol–water partition coefficient (Wildman–Crippen LogP) is 4.78. The molecule has 1 N–H and O–H groups in total. The summed E-state index contributed by atoms with van der Waals surface area (Å²) in [7, 11) is 1.87. The topological polar surface area (TPSA) is 93.5 Å². The van der Waals surface area contributed by atoms with E-state index >= 15 is 4.39 Å². The zero-order valence-corrected chi connectivity index (χ0v) is 20.0. The molecular weight excluding hydrogens is 449 g/mol. The van der Waals surface area contributed by atoms with Crippen LogP contribution in [0.4, 0.5) is 10.2 Å². The standard InChI is InChI=1S/C26H28FN5O3/c1-25-6-7-26(2,13-25)22(27)18(10-25)32(3)21-12-28-23(31-30-21)17-5-4-15(8-19(17)33)16-9-20-24(29-11-16)35-14-34-20/h4-5,8-9,11-12,18,22,33H,6-7,10,13-14H2,1-3H3/t18-,22-,25-,26-/m1/s1. The number of alkyl halides is 1. The largest absolute Gasteiger partial charge is 0.507 e. The van der Waals surface area contributed by atoms with E-state index in [1.807, 2.05) is 24.1 Å². The van der Waals surface area contributed by atoms with Gasteiger partial charge in [-0.25, -0.2) is 14.4 Å². The van der Waals surface area contributed by atoms with Gasteiger partial charge in [-0.2, -0.15) is 0 Å². The number of hydrogen-bond donors (Lipinski definition) is 1. The molecule has 2 saturated carbocycles. The van der Waals surface area contributed by atoms with Crippen molar-refractivity contribution in [1.82, 2.24) is 20.2 Å². The van der Waals surface area contributed by atoms with Crippen LogP contribution in [0.5, 0.6) is 17.4 Å². The van der Waals surface area contributed by atoms with Gasteiger partial charge in [-0.1, -0.05) is 19.9 Å². The molecule has 182 valence electrons. The Morgan fingerprint density at radius 2 is 1.91 bits per heavy atom. The number of benzene rings is 1. The Morgan fingerprint density at radius 3 is 2.69 bits per heavy atom. The number of anilines is 1. The quantitative estimate of drug-likeness (QED) is 0.574. The highest BCUT2D eigenvalue weighted by atomic mass is 19.1. The van der Waals surface area contributed by atoms with Crippen LogP contribution < -0.4 is 14.4 Å². The van der Waals surface area contributed by atoms with Crippen LogP contribution in [0.3, 0.4) is 0 Å². The molecular formula is C26H28FN5O3. The van der Waals surface area contributed by atoms with E-state index in [1.165, 1.54) is 0 Å². The number of fused-ring (bicyclic) bond motifs is 3. The van der Waals surface area contributed by atoms with Crippen LogP contribution in [0, 0.1) is 10.8 Å². The van der Waals surface area contributed by atoms with Gasteiger partial charge in [0.05, 0.1) is 17.8 Å². The molecule has 2 aromatic heterocycles. The van der Waals surface area contributed by atoms with Crippen molar-refractivity contribution in [2.45, 2.75) is 51.7 Å². The zero-order chi connectivity index (χ0) is 24.4. The molecule has 3 aliphatic rings. The molecule has 3 aromatic rings. The number of rotatable bonds is 4. The lowest BCUT2D eigenvalue weighted by molar-refractivity contribution is 0.0380. The zero-order valence-electron chi connectivity index (χ0n) is 20.0. The highest BCUT2D eigenvalue weighted by Crippen LogP contribution is 2.59. The van der Waals surface area contributed by atoms with Crippen molar-refractivity contribution >= 4 is 5.82 Å². The fourth-order valence-corrected chi connectivity index (χ4v) is 6.13. The maximum absolute atomic E-state index is 15.5. The number of phenolic OH excluding ortho intramolecular Hbond substituents is 1. The molecule has 0 radical (unpaired) electrons. The van der Waals surface area contributed by atoms with Gasteiger partial charge in [0.1, 0.15) is 11.9 Å². The van der Waals surface area contributed by atoms with Gasteiger partial charge in [-0.15, -0.1) is 10.2 Å². The van der Waals surface area contributed by atoms with Crippen molar-refractivity contribution in [2.24, 2.45) is 10.8 Å².